The zero-order chi connectivity index (χ0) is 23.8. The Labute approximate surface area is 188 Å². The molecule has 3 rings (SSSR count). The van der Waals surface area contributed by atoms with Gasteiger partial charge in [0, 0.05) is 44.9 Å². The summed E-state index contributed by atoms with van der Waals surface area (Å²) in [5.74, 6) is -3.71. The molecule has 0 aliphatic carbocycles. The lowest BCUT2D eigenvalue weighted by atomic mass is 10.2. The van der Waals surface area contributed by atoms with Crippen molar-refractivity contribution in [2.45, 2.75) is 18.0 Å². The van der Waals surface area contributed by atoms with Crippen LogP contribution in [-0.4, -0.2) is 71.6 Å². The van der Waals surface area contributed by atoms with Crippen LogP contribution >= 0.6 is 11.6 Å². The Morgan fingerprint density at radius 2 is 1.88 bits per heavy atom. The van der Waals surface area contributed by atoms with Crippen LogP contribution in [0.2, 0.25) is 5.15 Å². The molecule has 1 fully saturated rings. The lowest BCUT2D eigenvalue weighted by Crippen LogP contribution is -2.54. The van der Waals surface area contributed by atoms with Crippen molar-refractivity contribution in [3.05, 3.63) is 46.2 Å². The average Bonchev–Trinajstić information content (AvgIpc) is 3.26. The van der Waals surface area contributed by atoms with Gasteiger partial charge in [0.05, 0.1) is 5.69 Å². The number of aromatic nitrogens is 2. The first kappa shape index (κ1) is 24.0. The van der Waals surface area contributed by atoms with Gasteiger partial charge in [0.15, 0.2) is 6.17 Å². The monoisotopic (exact) mass is 490 g/mol. The minimum absolute atomic E-state index is 0.0204. The van der Waals surface area contributed by atoms with Crippen LogP contribution in [0.3, 0.4) is 0 Å². The van der Waals surface area contributed by atoms with Crippen molar-refractivity contribution < 1.29 is 26.8 Å². The molecule has 1 unspecified atom stereocenters. The minimum Gasteiger partial charge on any atom is -0.352 e. The molecule has 1 saturated heterocycles. The van der Waals surface area contributed by atoms with Crippen LogP contribution in [0.15, 0.2) is 23.1 Å². The fourth-order valence-electron chi connectivity index (χ4n) is 3.49. The summed E-state index contributed by atoms with van der Waals surface area (Å²) in [5, 5.41) is 6.28. The van der Waals surface area contributed by atoms with Gasteiger partial charge in [-0.3, -0.25) is 14.3 Å². The van der Waals surface area contributed by atoms with E-state index in [1.54, 1.807) is 0 Å². The molecule has 1 aromatic heterocycles. The number of hydrogen-bond acceptors (Lipinski definition) is 6. The lowest BCUT2D eigenvalue weighted by Gasteiger charge is -2.28. The molecule has 0 saturated carbocycles. The Morgan fingerprint density at radius 1 is 1.25 bits per heavy atom. The smallest absolute Gasteiger partial charge is 0.259 e. The van der Waals surface area contributed by atoms with Crippen molar-refractivity contribution in [2.75, 3.05) is 26.2 Å². The number of benzene rings is 1. The predicted molar refractivity (Wildman–Crippen MR) is 110 cm³/mol. The number of hydrogen-bond donors (Lipinski definition) is 2. The summed E-state index contributed by atoms with van der Waals surface area (Å²) >= 11 is 6.13. The number of aryl methyl sites for hydroxylation is 2. The molecule has 1 atom stereocenters. The summed E-state index contributed by atoms with van der Waals surface area (Å²) in [6.07, 6.45) is -1.62. The number of amides is 2. The summed E-state index contributed by atoms with van der Waals surface area (Å²) in [4.78, 5) is 26.5. The SMILES string of the molecule is Cc1nn(C)c(Cl)c1S(=O)(=O)N1CCN(C(=O)c2cc(F)cc(F)c2)C1C(=O)NCCN. The highest BCUT2D eigenvalue weighted by atomic mass is 35.5. The van der Waals surface area contributed by atoms with E-state index in [9.17, 15) is 26.8 Å². The summed E-state index contributed by atoms with van der Waals surface area (Å²) in [7, 11) is -2.92. The second-order valence-corrected chi connectivity index (χ2v) is 9.24. The summed E-state index contributed by atoms with van der Waals surface area (Å²) in [6.45, 7) is 1.08. The van der Waals surface area contributed by atoms with Crippen LogP contribution in [0.5, 0.6) is 0 Å². The number of carbonyl (C=O) groups is 2. The molecule has 174 valence electrons. The second-order valence-electron chi connectivity index (χ2n) is 7.05. The highest BCUT2D eigenvalue weighted by Crippen LogP contribution is 2.32. The van der Waals surface area contributed by atoms with Crippen LogP contribution in [0.1, 0.15) is 16.1 Å². The second kappa shape index (κ2) is 9.10. The van der Waals surface area contributed by atoms with E-state index in [1.165, 1.54) is 18.7 Å². The zero-order valence-corrected chi connectivity index (χ0v) is 18.8. The predicted octanol–water partition coefficient (Wildman–Crippen LogP) is 0.208. The van der Waals surface area contributed by atoms with Crippen molar-refractivity contribution in [1.82, 2.24) is 24.3 Å². The molecule has 0 bridgehead atoms. The summed E-state index contributed by atoms with van der Waals surface area (Å²) < 4.78 is 56.1. The van der Waals surface area contributed by atoms with E-state index >= 15 is 0 Å². The third kappa shape index (κ3) is 4.33. The molecule has 32 heavy (non-hydrogen) atoms. The number of rotatable bonds is 6. The standard InChI is InChI=1S/C18H21ClF2N6O4S/c1-10-14(15(19)25(2)24-10)32(30,31)27-6-5-26(17(27)16(28)23-4-3-22)18(29)11-7-12(20)9-13(21)8-11/h7-9,17H,3-6,22H2,1-2H3,(H,23,28). The van der Waals surface area contributed by atoms with Crippen molar-refractivity contribution in [3.8, 4) is 0 Å². The van der Waals surface area contributed by atoms with Gasteiger partial charge in [-0.15, -0.1) is 0 Å². The molecule has 0 radical (unpaired) electrons. The molecule has 1 aliphatic rings. The van der Waals surface area contributed by atoms with Gasteiger partial charge in [-0.1, -0.05) is 11.6 Å². The van der Waals surface area contributed by atoms with Crippen molar-refractivity contribution in [2.24, 2.45) is 12.8 Å². The number of nitrogens with one attached hydrogen (secondary N) is 1. The van der Waals surface area contributed by atoms with Gasteiger partial charge >= 0.3 is 0 Å². The van der Waals surface area contributed by atoms with Gasteiger partial charge in [-0.05, 0) is 19.1 Å². The van der Waals surface area contributed by atoms with Crippen LogP contribution < -0.4 is 11.1 Å². The first-order chi connectivity index (χ1) is 15.0. The Morgan fingerprint density at radius 3 is 2.41 bits per heavy atom. The highest BCUT2D eigenvalue weighted by Gasteiger charge is 2.48. The molecule has 2 aromatic rings. The third-order valence-corrected chi connectivity index (χ3v) is 7.39. The maximum atomic E-state index is 13.6. The van der Waals surface area contributed by atoms with E-state index in [2.05, 4.69) is 10.4 Å². The molecule has 1 aliphatic heterocycles. The van der Waals surface area contributed by atoms with Crippen molar-refractivity contribution in [3.63, 3.8) is 0 Å². The van der Waals surface area contributed by atoms with Gasteiger partial charge in [0.1, 0.15) is 21.7 Å². The fraction of sp³-hybridized carbons (Fsp3) is 0.389. The molecule has 1 aromatic carbocycles. The minimum atomic E-state index is -4.38. The van der Waals surface area contributed by atoms with Gasteiger partial charge in [-0.25, -0.2) is 17.2 Å². The molecule has 2 amide bonds. The van der Waals surface area contributed by atoms with E-state index < -0.39 is 39.6 Å². The molecule has 10 nitrogen and oxygen atoms in total. The molecular weight excluding hydrogens is 470 g/mol. The molecule has 14 heteroatoms. The quantitative estimate of drug-likeness (QED) is 0.595. The fourth-order valence-corrected chi connectivity index (χ4v) is 5.75. The molecule has 3 N–H and O–H groups in total. The summed E-state index contributed by atoms with van der Waals surface area (Å²) in [5.41, 5.74) is 5.15. The largest absolute Gasteiger partial charge is 0.352 e. The Hall–Kier alpha value is -2.61. The lowest BCUT2D eigenvalue weighted by molar-refractivity contribution is -0.127. The highest BCUT2D eigenvalue weighted by molar-refractivity contribution is 7.89. The number of sulfonamides is 1. The first-order valence-electron chi connectivity index (χ1n) is 9.44. The van der Waals surface area contributed by atoms with Gasteiger partial charge in [-0.2, -0.15) is 9.40 Å². The van der Waals surface area contributed by atoms with Gasteiger partial charge in [0.2, 0.25) is 10.0 Å². The van der Waals surface area contributed by atoms with Gasteiger partial charge < -0.3 is 16.0 Å². The zero-order valence-electron chi connectivity index (χ0n) is 17.2. The number of nitrogens with two attached hydrogens (primary N) is 1. The molecule has 0 spiro atoms. The first-order valence-corrected chi connectivity index (χ1v) is 11.3. The van der Waals surface area contributed by atoms with Crippen LogP contribution in [0, 0.1) is 18.6 Å². The Bertz CT molecular complexity index is 1150. The molecule has 2 heterocycles. The number of carbonyl (C=O) groups excluding carboxylic acids is 2. The van der Waals surface area contributed by atoms with Crippen molar-refractivity contribution in [1.29, 1.82) is 0 Å². The van der Waals surface area contributed by atoms with Crippen molar-refractivity contribution >= 4 is 33.4 Å². The summed E-state index contributed by atoms with van der Waals surface area (Å²) in [6, 6.07) is 2.20. The van der Waals surface area contributed by atoms with E-state index in [0.29, 0.717) is 6.07 Å². The van der Waals surface area contributed by atoms with Crippen LogP contribution in [0.4, 0.5) is 8.78 Å². The molecular formula is C18H21ClF2N6O4S. The van der Waals surface area contributed by atoms with E-state index in [1.807, 2.05) is 0 Å². The van der Waals surface area contributed by atoms with Crippen LogP contribution in [-0.2, 0) is 21.9 Å². The maximum absolute atomic E-state index is 13.6. The normalized spacial score (nSPS) is 17.1. The Kier molecular flexibility index (Phi) is 6.83. The van der Waals surface area contributed by atoms with E-state index in [0.717, 1.165) is 21.3 Å². The van der Waals surface area contributed by atoms with E-state index in [-0.39, 0.29) is 47.5 Å². The average molecular weight is 491 g/mol. The van der Waals surface area contributed by atoms with E-state index in [4.69, 9.17) is 17.3 Å². The Balaban J connectivity index is 2.05. The third-order valence-electron chi connectivity index (χ3n) is 4.84. The van der Waals surface area contributed by atoms with Crippen LogP contribution in [0.25, 0.3) is 0 Å². The number of halogens is 3. The van der Waals surface area contributed by atoms with Gasteiger partial charge in [0.25, 0.3) is 11.8 Å². The topological polar surface area (TPSA) is 131 Å². The number of nitrogens with zero attached hydrogens (tertiary/aromatic N) is 4. The maximum Gasteiger partial charge on any atom is 0.259 e.